The number of nitrogens with zero attached hydrogens (tertiary/aromatic N) is 3. The molecule has 0 radical (unpaired) electrons. The number of aryl methyl sites for hydroxylation is 1. The van der Waals surface area contributed by atoms with Gasteiger partial charge in [-0.1, -0.05) is 0 Å². The molecule has 5 fully saturated rings. The van der Waals surface area contributed by atoms with E-state index in [4.69, 9.17) is 12.2 Å². The van der Waals surface area contributed by atoms with Crippen molar-refractivity contribution >= 4 is 39.9 Å². The summed E-state index contributed by atoms with van der Waals surface area (Å²) in [5, 5.41) is 14.0. The van der Waals surface area contributed by atoms with Gasteiger partial charge in [0.05, 0.1) is 11.2 Å². The van der Waals surface area contributed by atoms with E-state index >= 15 is 4.39 Å². The van der Waals surface area contributed by atoms with Crippen molar-refractivity contribution in [3.63, 3.8) is 0 Å². The molecular formula is C29H37FN4O3S. The van der Waals surface area contributed by atoms with E-state index in [0.29, 0.717) is 55.4 Å². The maximum Gasteiger partial charge on any atom is 0.341 e. The Kier molecular flexibility index (Phi) is 6.40. The summed E-state index contributed by atoms with van der Waals surface area (Å²) in [6.45, 7) is 7.26. The molecule has 4 bridgehead atoms. The lowest BCUT2D eigenvalue weighted by Crippen LogP contribution is -2.59. The third kappa shape index (κ3) is 4.27. The van der Waals surface area contributed by atoms with Crippen molar-refractivity contribution < 1.29 is 14.3 Å². The fourth-order valence-electron chi connectivity index (χ4n) is 8.34. The van der Waals surface area contributed by atoms with E-state index in [1.807, 2.05) is 11.8 Å². The van der Waals surface area contributed by atoms with Crippen LogP contribution >= 0.6 is 12.2 Å². The van der Waals surface area contributed by atoms with Gasteiger partial charge in [0, 0.05) is 50.3 Å². The van der Waals surface area contributed by atoms with Gasteiger partial charge in [0.2, 0.25) is 5.43 Å². The molecule has 1 aromatic heterocycles. The fraction of sp³-hybridized carbons (Fsp3) is 0.621. The molecular weight excluding hydrogens is 503 g/mol. The predicted molar refractivity (Wildman–Crippen MR) is 150 cm³/mol. The highest BCUT2D eigenvalue weighted by molar-refractivity contribution is 7.80. The van der Waals surface area contributed by atoms with Crippen LogP contribution in [0.3, 0.4) is 0 Å². The number of anilines is 1. The van der Waals surface area contributed by atoms with Crippen molar-refractivity contribution in [1.82, 2.24) is 14.8 Å². The SMILES string of the molecule is CCn1cc(C(=O)O)c(=O)c2cc(F)c(N3CCN(C(=S)N[C@H](C)C45CC6CC(CC(C6)C4)C5)CC3)cc21. The molecule has 7 nitrogen and oxygen atoms in total. The zero-order valence-electron chi connectivity index (χ0n) is 22.2. The Morgan fingerprint density at radius 1 is 1.13 bits per heavy atom. The number of pyridine rings is 1. The smallest absolute Gasteiger partial charge is 0.341 e. The number of thiocarbonyl (C=S) groups is 1. The highest BCUT2D eigenvalue weighted by Crippen LogP contribution is 2.61. The number of carboxylic acid groups (broad SMARTS) is 1. The summed E-state index contributed by atoms with van der Waals surface area (Å²) in [7, 11) is 0. The first-order chi connectivity index (χ1) is 18.2. The third-order valence-electron chi connectivity index (χ3n) is 9.97. The second kappa shape index (κ2) is 9.50. The number of aromatic carboxylic acids is 1. The van der Waals surface area contributed by atoms with Crippen molar-refractivity contribution in [3.05, 3.63) is 39.9 Å². The van der Waals surface area contributed by atoms with Crippen LogP contribution in [0.25, 0.3) is 10.9 Å². The Bertz CT molecular complexity index is 1310. The minimum atomic E-state index is -1.30. The van der Waals surface area contributed by atoms with Crippen molar-refractivity contribution in [3.8, 4) is 0 Å². The van der Waals surface area contributed by atoms with E-state index in [1.165, 1.54) is 50.8 Å². The van der Waals surface area contributed by atoms with Gasteiger partial charge in [-0.25, -0.2) is 9.18 Å². The second-order valence-corrected chi connectivity index (χ2v) is 12.6. The van der Waals surface area contributed by atoms with Gasteiger partial charge in [-0.2, -0.15) is 0 Å². The molecule has 1 aromatic carbocycles. The third-order valence-corrected chi connectivity index (χ3v) is 10.3. The van der Waals surface area contributed by atoms with Crippen LogP contribution in [0.1, 0.15) is 62.7 Å². The van der Waals surface area contributed by atoms with E-state index in [9.17, 15) is 14.7 Å². The van der Waals surface area contributed by atoms with Crippen LogP contribution in [0, 0.1) is 29.0 Å². The van der Waals surface area contributed by atoms with Crippen LogP contribution in [0.4, 0.5) is 10.1 Å². The molecule has 1 saturated heterocycles. The largest absolute Gasteiger partial charge is 0.477 e. The lowest BCUT2D eigenvalue weighted by molar-refractivity contribution is -0.0675. The predicted octanol–water partition coefficient (Wildman–Crippen LogP) is 4.46. The van der Waals surface area contributed by atoms with Crippen molar-refractivity contribution in [2.24, 2.45) is 23.2 Å². The molecule has 1 aliphatic heterocycles. The van der Waals surface area contributed by atoms with Gasteiger partial charge in [-0.05, 0) is 99.9 Å². The fourth-order valence-corrected chi connectivity index (χ4v) is 8.70. The van der Waals surface area contributed by atoms with E-state index in [-0.39, 0.29) is 10.9 Å². The van der Waals surface area contributed by atoms with E-state index in [2.05, 4.69) is 17.1 Å². The Hall–Kier alpha value is -2.68. The molecule has 9 heteroatoms. The number of rotatable bonds is 5. The molecule has 4 saturated carbocycles. The van der Waals surface area contributed by atoms with Crippen molar-refractivity contribution in [2.45, 2.75) is 65.0 Å². The number of benzene rings is 1. The first-order valence-electron chi connectivity index (χ1n) is 14.1. The number of fused-ring (bicyclic) bond motifs is 1. The van der Waals surface area contributed by atoms with Gasteiger partial charge in [-0.15, -0.1) is 0 Å². The molecule has 1 atom stereocenters. The Balaban J connectivity index is 1.14. The highest BCUT2D eigenvalue weighted by atomic mass is 32.1. The number of aromatic nitrogens is 1. The normalized spacial score (nSPS) is 29.1. The summed E-state index contributed by atoms with van der Waals surface area (Å²) >= 11 is 5.87. The molecule has 4 aliphatic carbocycles. The summed E-state index contributed by atoms with van der Waals surface area (Å²) in [5.74, 6) is 0.893. The number of hydrogen-bond donors (Lipinski definition) is 2. The van der Waals surface area contributed by atoms with Gasteiger partial charge in [0.1, 0.15) is 11.4 Å². The van der Waals surface area contributed by atoms with Crippen molar-refractivity contribution in [1.29, 1.82) is 0 Å². The van der Waals surface area contributed by atoms with Gasteiger partial charge in [0.25, 0.3) is 0 Å². The average molecular weight is 541 g/mol. The Labute approximate surface area is 228 Å². The number of hydrogen-bond acceptors (Lipinski definition) is 4. The summed E-state index contributed by atoms with van der Waals surface area (Å²) in [6.07, 6.45) is 9.64. The minimum Gasteiger partial charge on any atom is -0.477 e. The molecule has 0 spiro atoms. The van der Waals surface area contributed by atoms with E-state index in [0.717, 1.165) is 22.9 Å². The second-order valence-electron chi connectivity index (χ2n) is 12.2. The van der Waals surface area contributed by atoms with E-state index < -0.39 is 17.2 Å². The molecule has 5 aliphatic rings. The van der Waals surface area contributed by atoms with Gasteiger partial charge in [-0.3, -0.25) is 4.79 Å². The lowest BCUT2D eigenvalue weighted by Gasteiger charge is -2.59. The van der Waals surface area contributed by atoms with Crippen LogP contribution in [0.15, 0.2) is 23.1 Å². The summed E-state index contributed by atoms with van der Waals surface area (Å²) in [4.78, 5) is 28.4. The van der Waals surface area contributed by atoms with Crippen LogP contribution in [-0.4, -0.2) is 57.9 Å². The molecule has 0 unspecified atom stereocenters. The molecule has 0 amide bonds. The number of carboxylic acids is 1. The van der Waals surface area contributed by atoms with Crippen molar-refractivity contribution in [2.75, 3.05) is 31.1 Å². The molecule has 204 valence electrons. The maximum absolute atomic E-state index is 15.3. The Morgan fingerprint density at radius 2 is 1.74 bits per heavy atom. The topological polar surface area (TPSA) is 77.8 Å². The lowest BCUT2D eigenvalue weighted by atomic mass is 9.48. The number of nitrogens with one attached hydrogen (secondary N) is 1. The van der Waals surface area contributed by atoms with Crippen LogP contribution < -0.4 is 15.6 Å². The molecule has 2 aromatic rings. The zero-order valence-corrected chi connectivity index (χ0v) is 23.0. The average Bonchev–Trinajstić information content (AvgIpc) is 2.88. The van der Waals surface area contributed by atoms with Gasteiger partial charge < -0.3 is 24.8 Å². The Morgan fingerprint density at radius 3 is 2.29 bits per heavy atom. The molecule has 2 heterocycles. The molecule has 38 heavy (non-hydrogen) atoms. The van der Waals surface area contributed by atoms with Crippen LogP contribution in [0.5, 0.6) is 0 Å². The van der Waals surface area contributed by atoms with E-state index in [1.54, 1.807) is 10.6 Å². The first kappa shape index (κ1) is 25.6. The summed E-state index contributed by atoms with van der Waals surface area (Å²) < 4.78 is 16.9. The van der Waals surface area contributed by atoms with Crippen LogP contribution in [-0.2, 0) is 6.54 Å². The molecule has 7 rings (SSSR count). The minimum absolute atomic E-state index is 0.0932. The quantitative estimate of drug-likeness (QED) is 0.543. The monoisotopic (exact) mass is 540 g/mol. The number of piperazine rings is 1. The van der Waals surface area contributed by atoms with Gasteiger partial charge in [0.15, 0.2) is 5.11 Å². The highest BCUT2D eigenvalue weighted by Gasteiger charge is 2.53. The number of carbonyl (C=O) groups is 1. The standard InChI is InChI=1S/C29H37FN4O3S/c1-3-32-16-22(27(36)37)26(35)21-11-23(30)25(12-24(21)32)33-4-6-34(7-5-33)28(38)31-17(2)29-13-18-8-19(14-29)10-20(9-18)15-29/h11-12,16-20H,3-10,13-15H2,1-2H3,(H,31,38)(H,36,37)/t17-,18?,19?,20?,29?/m1/s1. The van der Waals surface area contributed by atoms with Crippen LogP contribution in [0.2, 0.25) is 0 Å². The first-order valence-corrected chi connectivity index (χ1v) is 14.5. The number of halogens is 1. The summed E-state index contributed by atoms with van der Waals surface area (Å²) in [6, 6.07) is 3.24. The summed E-state index contributed by atoms with van der Waals surface area (Å²) in [5.41, 5.74) is 0.358. The van der Waals surface area contributed by atoms with Gasteiger partial charge >= 0.3 is 5.97 Å². The molecule has 2 N–H and O–H groups in total. The zero-order chi connectivity index (χ0) is 26.8. The maximum atomic E-state index is 15.3.